The van der Waals surface area contributed by atoms with E-state index in [0.717, 1.165) is 16.9 Å². The van der Waals surface area contributed by atoms with E-state index >= 15 is 0 Å². The summed E-state index contributed by atoms with van der Waals surface area (Å²) in [6.45, 7) is 4.58. The van der Waals surface area contributed by atoms with Crippen LogP contribution in [0.15, 0.2) is 67.0 Å². The second-order valence-electron chi connectivity index (χ2n) is 6.13. The van der Waals surface area contributed by atoms with E-state index in [-0.39, 0.29) is 5.91 Å². The number of benzene rings is 2. The highest BCUT2D eigenvalue weighted by molar-refractivity contribution is 5.94. The summed E-state index contributed by atoms with van der Waals surface area (Å²) in [7, 11) is 0. The van der Waals surface area contributed by atoms with Crippen LogP contribution in [0.4, 0.5) is 11.4 Å². The predicted molar refractivity (Wildman–Crippen MR) is 101 cm³/mol. The van der Waals surface area contributed by atoms with Crippen molar-refractivity contribution in [2.75, 3.05) is 5.32 Å². The molecule has 0 aliphatic rings. The molecule has 0 unspecified atom stereocenters. The van der Waals surface area contributed by atoms with E-state index in [1.807, 2.05) is 56.3 Å². The highest BCUT2D eigenvalue weighted by Gasteiger charge is 2.07. The van der Waals surface area contributed by atoms with Crippen LogP contribution in [-0.2, 0) is 6.54 Å². The Labute approximate surface area is 147 Å². The number of carbonyl (C=O) groups excluding carboxylic acids is 1. The van der Waals surface area contributed by atoms with Crippen LogP contribution in [0.2, 0.25) is 0 Å². The Morgan fingerprint density at radius 2 is 1.72 bits per heavy atom. The van der Waals surface area contributed by atoms with Gasteiger partial charge >= 0.3 is 0 Å². The normalized spacial score (nSPS) is 10.3. The van der Waals surface area contributed by atoms with Crippen LogP contribution in [0.3, 0.4) is 0 Å². The summed E-state index contributed by atoms with van der Waals surface area (Å²) < 4.78 is 0. The molecule has 0 spiro atoms. The number of anilines is 2. The van der Waals surface area contributed by atoms with Crippen molar-refractivity contribution in [1.82, 2.24) is 10.3 Å². The Morgan fingerprint density at radius 1 is 0.920 bits per heavy atom. The zero-order valence-corrected chi connectivity index (χ0v) is 14.4. The molecule has 3 rings (SSSR count). The number of aromatic nitrogens is 1. The third-order valence-electron chi connectivity index (χ3n) is 3.88. The van der Waals surface area contributed by atoms with Gasteiger partial charge in [-0.05, 0) is 37.6 Å². The fourth-order valence-corrected chi connectivity index (χ4v) is 2.54. The number of hydrogen-bond acceptors (Lipinski definition) is 3. The molecule has 1 heterocycles. The van der Waals surface area contributed by atoms with Crippen molar-refractivity contribution in [2.45, 2.75) is 20.4 Å². The summed E-state index contributed by atoms with van der Waals surface area (Å²) in [5.41, 5.74) is 5.74. The summed E-state index contributed by atoms with van der Waals surface area (Å²) in [5, 5.41) is 6.20. The standard InChI is InChI=1S/C21H21N3O/c1-15-6-8-19(9-7-15)24-20-11-18(13-22-14-20)21(25)23-12-17-5-3-4-16(2)10-17/h3-11,13-14,24H,12H2,1-2H3,(H,23,25). The predicted octanol–water partition coefficient (Wildman–Crippen LogP) is 4.37. The third kappa shape index (κ3) is 4.67. The zero-order chi connectivity index (χ0) is 17.6. The maximum Gasteiger partial charge on any atom is 0.253 e. The van der Waals surface area contributed by atoms with E-state index in [1.54, 1.807) is 18.5 Å². The number of nitrogens with one attached hydrogen (secondary N) is 2. The lowest BCUT2D eigenvalue weighted by atomic mass is 10.1. The minimum absolute atomic E-state index is 0.137. The van der Waals surface area contributed by atoms with Gasteiger partial charge in [0, 0.05) is 18.4 Å². The van der Waals surface area contributed by atoms with Crippen LogP contribution in [0.25, 0.3) is 0 Å². The Bertz CT molecular complexity index is 872. The number of amides is 1. The van der Waals surface area contributed by atoms with Crippen LogP contribution >= 0.6 is 0 Å². The summed E-state index contributed by atoms with van der Waals surface area (Å²) in [4.78, 5) is 16.5. The van der Waals surface area contributed by atoms with Crippen LogP contribution in [0, 0.1) is 13.8 Å². The van der Waals surface area contributed by atoms with Gasteiger partial charge in [0.1, 0.15) is 0 Å². The minimum atomic E-state index is -0.137. The molecule has 25 heavy (non-hydrogen) atoms. The summed E-state index contributed by atoms with van der Waals surface area (Å²) >= 11 is 0. The minimum Gasteiger partial charge on any atom is -0.354 e. The van der Waals surface area contributed by atoms with Crippen molar-refractivity contribution in [2.24, 2.45) is 0 Å². The summed E-state index contributed by atoms with van der Waals surface area (Å²) in [6, 6.07) is 18.0. The SMILES string of the molecule is Cc1ccc(Nc2cncc(C(=O)NCc3cccc(C)c3)c2)cc1. The van der Waals surface area contributed by atoms with Gasteiger partial charge in [0.15, 0.2) is 0 Å². The molecule has 4 heteroatoms. The van der Waals surface area contributed by atoms with Gasteiger partial charge in [-0.1, -0.05) is 47.5 Å². The molecule has 3 aromatic rings. The van der Waals surface area contributed by atoms with E-state index in [1.165, 1.54) is 11.1 Å². The van der Waals surface area contributed by atoms with Gasteiger partial charge < -0.3 is 10.6 Å². The smallest absolute Gasteiger partial charge is 0.253 e. The number of rotatable bonds is 5. The second kappa shape index (κ2) is 7.62. The maximum absolute atomic E-state index is 12.4. The lowest BCUT2D eigenvalue weighted by Crippen LogP contribution is -2.23. The first-order valence-corrected chi connectivity index (χ1v) is 8.23. The fraction of sp³-hybridized carbons (Fsp3) is 0.143. The van der Waals surface area contributed by atoms with Crippen molar-refractivity contribution >= 4 is 17.3 Å². The van der Waals surface area contributed by atoms with E-state index in [2.05, 4.69) is 21.7 Å². The molecule has 126 valence electrons. The Morgan fingerprint density at radius 3 is 2.48 bits per heavy atom. The van der Waals surface area contributed by atoms with Crippen molar-refractivity contribution < 1.29 is 4.79 Å². The molecule has 2 N–H and O–H groups in total. The van der Waals surface area contributed by atoms with Crippen molar-refractivity contribution in [1.29, 1.82) is 0 Å². The molecule has 1 amide bonds. The molecule has 4 nitrogen and oxygen atoms in total. The molecule has 0 aliphatic carbocycles. The number of carbonyl (C=O) groups is 1. The molecular formula is C21H21N3O. The lowest BCUT2D eigenvalue weighted by molar-refractivity contribution is 0.0950. The molecule has 0 fully saturated rings. The number of pyridine rings is 1. The van der Waals surface area contributed by atoms with Crippen molar-refractivity contribution in [3.8, 4) is 0 Å². The molecule has 2 aromatic carbocycles. The lowest BCUT2D eigenvalue weighted by Gasteiger charge is -2.09. The topological polar surface area (TPSA) is 54.0 Å². The van der Waals surface area contributed by atoms with Crippen LogP contribution in [0.1, 0.15) is 27.0 Å². The van der Waals surface area contributed by atoms with Gasteiger partial charge in [-0.2, -0.15) is 0 Å². The number of hydrogen-bond donors (Lipinski definition) is 2. The summed E-state index contributed by atoms with van der Waals surface area (Å²) in [6.07, 6.45) is 3.28. The maximum atomic E-state index is 12.4. The molecule has 0 saturated heterocycles. The highest BCUT2D eigenvalue weighted by Crippen LogP contribution is 2.17. The van der Waals surface area contributed by atoms with Gasteiger partial charge in [0.25, 0.3) is 5.91 Å². The Balaban J connectivity index is 1.65. The molecule has 0 atom stereocenters. The Hall–Kier alpha value is -3.14. The third-order valence-corrected chi connectivity index (χ3v) is 3.88. The fourth-order valence-electron chi connectivity index (χ4n) is 2.54. The van der Waals surface area contributed by atoms with E-state index in [9.17, 15) is 4.79 Å². The van der Waals surface area contributed by atoms with Crippen molar-refractivity contribution in [3.05, 3.63) is 89.2 Å². The monoisotopic (exact) mass is 331 g/mol. The number of nitrogens with zero attached hydrogens (tertiary/aromatic N) is 1. The van der Waals surface area contributed by atoms with Gasteiger partial charge in [-0.25, -0.2) is 0 Å². The first-order valence-electron chi connectivity index (χ1n) is 8.23. The van der Waals surface area contributed by atoms with Gasteiger partial charge in [0.05, 0.1) is 17.4 Å². The average Bonchev–Trinajstić information content (AvgIpc) is 2.62. The first kappa shape index (κ1) is 16.7. The molecule has 0 aliphatic heterocycles. The zero-order valence-electron chi connectivity index (χ0n) is 14.4. The molecule has 0 bridgehead atoms. The largest absolute Gasteiger partial charge is 0.354 e. The van der Waals surface area contributed by atoms with Gasteiger partial charge in [0.2, 0.25) is 0 Å². The Kier molecular flexibility index (Phi) is 5.09. The molecule has 0 saturated carbocycles. The number of aryl methyl sites for hydroxylation is 2. The molecular weight excluding hydrogens is 310 g/mol. The van der Waals surface area contributed by atoms with Crippen LogP contribution in [0.5, 0.6) is 0 Å². The van der Waals surface area contributed by atoms with Gasteiger partial charge in [-0.15, -0.1) is 0 Å². The van der Waals surface area contributed by atoms with Crippen LogP contribution in [-0.4, -0.2) is 10.9 Å². The van der Waals surface area contributed by atoms with E-state index in [0.29, 0.717) is 12.1 Å². The van der Waals surface area contributed by atoms with E-state index in [4.69, 9.17) is 0 Å². The van der Waals surface area contributed by atoms with Crippen LogP contribution < -0.4 is 10.6 Å². The average molecular weight is 331 g/mol. The molecule has 0 radical (unpaired) electrons. The van der Waals surface area contributed by atoms with Crippen molar-refractivity contribution in [3.63, 3.8) is 0 Å². The van der Waals surface area contributed by atoms with E-state index < -0.39 is 0 Å². The second-order valence-corrected chi connectivity index (χ2v) is 6.13. The highest BCUT2D eigenvalue weighted by atomic mass is 16.1. The van der Waals surface area contributed by atoms with Gasteiger partial charge in [-0.3, -0.25) is 9.78 Å². The molecule has 1 aromatic heterocycles. The summed E-state index contributed by atoms with van der Waals surface area (Å²) in [5.74, 6) is -0.137. The quantitative estimate of drug-likeness (QED) is 0.730. The first-order chi connectivity index (χ1) is 12.1.